The Morgan fingerprint density at radius 1 is 0.313 bits per heavy atom. The Bertz CT molecular complexity index is 1170. The number of carbonyl (C=O) groups is 3. The first-order valence-corrected chi connectivity index (χ1v) is 29.1. The molecule has 0 saturated heterocycles. The first-order chi connectivity index (χ1) is 33.0. The molecule has 1 unspecified atom stereocenters. The first kappa shape index (κ1) is 64.4. The highest BCUT2D eigenvalue weighted by Gasteiger charge is 2.19. The van der Waals surface area contributed by atoms with Gasteiger partial charge in [0, 0.05) is 19.3 Å². The van der Waals surface area contributed by atoms with Gasteiger partial charge >= 0.3 is 17.9 Å². The molecule has 0 amide bonds. The Labute approximate surface area is 416 Å². The average molecular weight is 940 g/mol. The van der Waals surface area contributed by atoms with Crippen molar-refractivity contribution in [3.05, 3.63) is 48.6 Å². The molecule has 6 heteroatoms. The summed E-state index contributed by atoms with van der Waals surface area (Å²) in [5.74, 6) is -0.870. The Balaban J connectivity index is 4.11. The maximum atomic E-state index is 12.8. The summed E-state index contributed by atoms with van der Waals surface area (Å²) in [7, 11) is 0. The van der Waals surface area contributed by atoms with E-state index in [2.05, 4.69) is 69.4 Å². The van der Waals surface area contributed by atoms with Crippen molar-refractivity contribution in [1.82, 2.24) is 0 Å². The van der Waals surface area contributed by atoms with Crippen molar-refractivity contribution in [3.63, 3.8) is 0 Å². The number of hydrogen-bond donors (Lipinski definition) is 0. The summed E-state index contributed by atoms with van der Waals surface area (Å²) in [4.78, 5) is 37.9. The van der Waals surface area contributed by atoms with E-state index >= 15 is 0 Å². The van der Waals surface area contributed by atoms with E-state index in [1.807, 2.05) is 0 Å². The third-order valence-corrected chi connectivity index (χ3v) is 12.8. The number of ether oxygens (including phenoxy) is 3. The molecular formula is C61H110O6. The smallest absolute Gasteiger partial charge is 0.306 e. The topological polar surface area (TPSA) is 78.9 Å². The minimum absolute atomic E-state index is 0.0712. The van der Waals surface area contributed by atoms with Crippen molar-refractivity contribution < 1.29 is 28.6 Å². The molecule has 0 aromatic carbocycles. The zero-order chi connectivity index (χ0) is 48.6. The standard InChI is InChI=1S/C61H110O6/c1-4-7-10-13-16-18-20-22-24-26-28-30-31-32-34-35-37-39-41-43-45-48-51-54-60(63)66-57-58(56-65-59(62)53-50-47-15-12-9-6-3)67-61(64)55-52-49-46-44-42-40-38-36-33-29-27-25-23-21-19-17-14-11-8-5-2/h7,10,16,18,22,24,28,30,58H,4-6,8-9,11-15,17,19-21,23,25-27,29,31-57H2,1-3H3/b10-7-,18-16-,24-22-,30-28-. The second-order valence-electron chi connectivity index (χ2n) is 19.5. The summed E-state index contributed by atoms with van der Waals surface area (Å²) >= 11 is 0. The lowest BCUT2D eigenvalue weighted by atomic mass is 10.0. The van der Waals surface area contributed by atoms with E-state index in [0.29, 0.717) is 19.3 Å². The highest BCUT2D eigenvalue weighted by molar-refractivity contribution is 5.71. The van der Waals surface area contributed by atoms with Gasteiger partial charge in [-0.05, 0) is 57.8 Å². The van der Waals surface area contributed by atoms with Crippen LogP contribution in [0.3, 0.4) is 0 Å². The average Bonchev–Trinajstić information content (AvgIpc) is 3.33. The van der Waals surface area contributed by atoms with E-state index in [1.165, 1.54) is 180 Å². The van der Waals surface area contributed by atoms with Crippen molar-refractivity contribution >= 4 is 17.9 Å². The van der Waals surface area contributed by atoms with Gasteiger partial charge in [0.25, 0.3) is 0 Å². The van der Waals surface area contributed by atoms with Crippen LogP contribution in [0, 0.1) is 0 Å². The normalized spacial score (nSPS) is 12.3. The molecule has 0 saturated carbocycles. The van der Waals surface area contributed by atoms with E-state index in [-0.39, 0.29) is 31.1 Å². The Morgan fingerprint density at radius 2 is 0.582 bits per heavy atom. The predicted octanol–water partition coefficient (Wildman–Crippen LogP) is 19.4. The van der Waals surface area contributed by atoms with Gasteiger partial charge in [0.2, 0.25) is 0 Å². The van der Waals surface area contributed by atoms with Gasteiger partial charge in [0.1, 0.15) is 13.2 Å². The minimum atomic E-state index is -0.769. The molecule has 0 aromatic rings. The van der Waals surface area contributed by atoms with Gasteiger partial charge in [-0.3, -0.25) is 14.4 Å². The largest absolute Gasteiger partial charge is 0.462 e. The fourth-order valence-corrected chi connectivity index (χ4v) is 8.49. The van der Waals surface area contributed by atoms with E-state index < -0.39 is 6.10 Å². The molecule has 0 aliphatic rings. The van der Waals surface area contributed by atoms with Crippen LogP contribution in [0.2, 0.25) is 0 Å². The maximum absolute atomic E-state index is 12.8. The lowest BCUT2D eigenvalue weighted by Crippen LogP contribution is -2.30. The minimum Gasteiger partial charge on any atom is -0.462 e. The Hall–Kier alpha value is -2.63. The molecule has 0 radical (unpaired) electrons. The van der Waals surface area contributed by atoms with Crippen molar-refractivity contribution in [2.75, 3.05) is 13.2 Å². The third-order valence-electron chi connectivity index (χ3n) is 12.8. The van der Waals surface area contributed by atoms with E-state index in [4.69, 9.17) is 14.2 Å². The molecule has 0 fully saturated rings. The Morgan fingerprint density at radius 3 is 0.910 bits per heavy atom. The van der Waals surface area contributed by atoms with Gasteiger partial charge in [-0.1, -0.05) is 275 Å². The molecule has 0 N–H and O–H groups in total. The molecule has 0 rings (SSSR count). The highest BCUT2D eigenvalue weighted by atomic mass is 16.6. The number of hydrogen-bond acceptors (Lipinski definition) is 6. The van der Waals surface area contributed by atoms with Crippen molar-refractivity contribution in [2.45, 2.75) is 309 Å². The summed E-state index contributed by atoms with van der Waals surface area (Å²) in [5.41, 5.74) is 0. The number of allylic oxidation sites excluding steroid dienone is 8. The van der Waals surface area contributed by atoms with Gasteiger partial charge in [0.15, 0.2) is 6.10 Å². The lowest BCUT2D eigenvalue weighted by Gasteiger charge is -2.18. The molecular weight excluding hydrogens is 829 g/mol. The van der Waals surface area contributed by atoms with Crippen LogP contribution in [0.4, 0.5) is 0 Å². The summed E-state index contributed by atoms with van der Waals surface area (Å²) in [5, 5.41) is 0. The number of unbranched alkanes of at least 4 members (excludes halogenated alkanes) is 34. The quantitative estimate of drug-likeness (QED) is 0.0262. The summed E-state index contributed by atoms with van der Waals surface area (Å²) in [6, 6.07) is 0. The fourth-order valence-electron chi connectivity index (χ4n) is 8.49. The fraction of sp³-hybridized carbons (Fsp3) is 0.820. The third kappa shape index (κ3) is 54.2. The molecule has 0 heterocycles. The van der Waals surface area contributed by atoms with Crippen molar-refractivity contribution in [1.29, 1.82) is 0 Å². The highest BCUT2D eigenvalue weighted by Crippen LogP contribution is 2.17. The number of rotatable bonds is 53. The number of carbonyl (C=O) groups excluding carboxylic acids is 3. The van der Waals surface area contributed by atoms with Crippen LogP contribution >= 0.6 is 0 Å². The zero-order valence-corrected chi connectivity index (χ0v) is 44.7. The molecule has 67 heavy (non-hydrogen) atoms. The van der Waals surface area contributed by atoms with E-state index in [1.54, 1.807) is 0 Å². The van der Waals surface area contributed by atoms with Gasteiger partial charge < -0.3 is 14.2 Å². The zero-order valence-electron chi connectivity index (χ0n) is 44.7. The van der Waals surface area contributed by atoms with Gasteiger partial charge in [-0.2, -0.15) is 0 Å². The van der Waals surface area contributed by atoms with Crippen molar-refractivity contribution in [3.8, 4) is 0 Å². The number of esters is 3. The molecule has 0 aliphatic carbocycles. The van der Waals surface area contributed by atoms with Gasteiger partial charge in [-0.25, -0.2) is 0 Å². The van der Waals surface area contributed by atoms with Crippen LogP contribution in [-0.2, 0) is 28.6 Å². The molecule has 0 aliphatic heterocycles. The summed E-state index contributed by atoms with van der Waals surface area (Å²) < 4.78 is 16.8. The van der Waals surface area contributed by atoms with Crippen LogP contribution in [0.15, 0.2) is 48.6 Å². The van der Waals surface area contributed by atoms with Crippen LogP contribution in [0.5, 0.6) is 0 Å². The molecule has 0 spiro atoms. The molecule has 390 valence electrons. The molecule has 0 aromatic heterocycles. The predicted molar refractivity (Wildman–Crippen MR) is 289 cm³/mol. The van der Waals surface area contributed by atoms with Crippen LogP contribution in [0.1, 0.15) is 303 Å². The first-order valence-electron chi connectivity index (χ1n) is 29.1. The monoisotopic (exact) mass is 939 g/mol. The lowest BCUT2D eigenvalue weighted by molar-refractivity contribution is -0.167. The molecule has 6 nitrogen and oxygen atoms in total. The van der Waals surface area contributed by atoms with Crippen LogP contribution in [0.25, 0.3) is 0 Å². The van der Waals surface area contributed by atoms with E-state index in [0.717, 1.165) is 83.5 Å². The second kappa shape index (κ2) is 56.0. The van der Waals surface area contributed by atoms with Gasteiger partial charge in [0.05, 0.1) is 0 Å². The summed E-state index contributed by atoms with van der Waals surface area (Å²) in [6.45, 7) is 6.50. The summed E-state index contributed by atoms with van der Waals surface area (Å²) in [6.07, 6.45) is 68.5. The van der Waals surface area contributed by atoms with E-state index in [9.17, 15) is 14.4 Å². The van der Waals surface area contributed by atoms with Crippen LogP contribution < -0.4 is 0 Å². The van der Waals surface area contributed by atoms with Gasteiger partial charge in [-0.15, -0.1) is 0 Å². The SMILES string of the molecule is CC/C=C\C/C=C\C/C=C\C/C=C\CCCCCCCCCCCCC(=O)OCC(COC(=O)CCCCCCCC)OC(=O)CCCCCCCCCCCCCCCCCCCCCC. The molecule has 1 atom stereocenters. The molecule has 0 bridgehead atoms. The maximum Gasteiger partial charge on any atom is 0.306 e. The Kier molecular flexibility index (Phi) is 53.8. The van der Waals surface area contributed by atoms with Crippen LogP contribution in [-0.4, -0.2) is 37.2 Å². The van der Waals surface area contributed by atoms with Crippen molar-refractivity contribution in [2.24, 2.45) is 0 Å². The second-order valence-corrected chi connectivity index (χ2v) is 19.5.